The van der Waals surface area contributed by atoms with Crippen LogP contribution in [0.25, 0.3) is 0 Å². The Hall–Kier alpha value is 0.490. The molecule has 2 N–H and O–H groups in total. The van der Waals surface area contributed by atoms with Crippen LogP contribution in [0.15, 0.2) is 20.1 Å². The number of thiophene rings is 1. The normalized spacial score (nSPS) is 12.0. The maximum atomic E-state index is 5.63. The molecular weight excluding hydrogens is 254 g/mol. The number of hydrogen-bond donors (Lipinski definition) is 1. The number of nitrogens with two attached hydrogens (primary N) is 1. The predicted octanol–water partition coefficient (Wildman–Crippen LogP) is 3.34. The van der Waals surface area contributed by atoms with Crippen LogP contribution in [0.4, 0.5) is 0 Å². The number of halogens is 1. The molecule has 0 aromatic carbocycles. The van der Waals surface area contributed by atoms with Gasteiger partial charge < -0.3 is 5.73 Å². The molecule has 1 heterocycles. The second kappa shape index (κ2) is 4.13. The van der Waals surface area contributed by atoms with Gasteiger partial charge in [-0.3, -0.25) is 0 Å². The van der Waals surface area contributed by atoms with E-state index in [1.807, 2.05) is 11.8 Å². The Kier molecular flexibility index (Phi) is 3.64. The molecule has 0 atom stereocenters. The van der Waals surface area contributed by atoms with Gasteiger partial charge in [0.15, 0.2) is 0 Å². The number of rotatable bonds is 3. The van der Waals surface area contributed by atoms with E-state index in [2.05, 4.69) is 41.2 Å². The molecule has 1 aromatic heterocycles. The molecule has 4 heteroatoms. The molecule has 0 aliphatic rings. The number of thioether (sulfide) groups is 1. The van der Waals surface area contributed by atoms with Crippen molar-refractivity contribution in [2.75, 3.05) is 6.54 Å². The van der Waals surface area contributed by atoms with Crippen molar-refractivity contribution in [3.8, 4) is 0 Å². The van der Waals surface area contributed by atoms with Crippen LogP contribution in [-0.2, 0) is 0 Å². The van der Waals surface area contributed by atoms with E-state index in [0.29, 0.717) is 6.54 Å². The first-order chi connectivity index (χ1) is 5.53. The van der Waals surface area contributed by atoms with Gasteiger partial charge in [-0.2, -0.15) is 0 Å². The van der Waals surface area contributed by atoms with E-state index in [4.69, 9.17) is 5.73 Å². The fourth-order valence-electron chi connectivity index (χ4n) is 0.662. The van der Waals surface area contributed by atoms with Crippen molar-refractivity contribution < 1.29 is 0 Å². The highest BCUT2D eigenvalue weighted by Gasteiger charge is 2.17. The molecule has 12 heavy (non-hydrogen) atoms. The monoisotopic (exact) mass is 265 g/mol. The third-order valence-electron chi connectivity index (χ3n) is 1.41. The summed E-state index contributed by atoms with van der Waals surface area (Å²) in [4.78, 5) is 0. The lowest BCUT2D eigenvalue weighted by atomic mass is 10.2. The Labute approximate surface area is 89.9 Å². The Bertz CT molecular complexity index is 257. The van der Waals surface area contributed by atoms with Crippen LogP contribution in [0.3, 0.4) is 0 Å². The van der Waals surface area contributed by atoms with Crippen LogP contribution in [0.2, 0.25) is 0 Å². The maximum Gasteiger partial charge on any atom is 0.0615 e. The van der Waals surface area contributed by atoms with E-state index in [1.54, 1.807) is 11.3 Å². The van der Waals surface area contributed by atoms with Crippen LogP contribution in [-0.4, -0.2) is 11.3 Å². The zero-order chi connectivity index (χ0) is 9.19. The zero-order valence-electron chi connectivity index (χ0n) is 7.13. The quantitative estimate of drug-likeness (QED) is 0.849. The third kappa shape index (κ3) is 3.09. The smallest absolute Gasteiger partial charge is 0.0615 e. The minimum absolute atomic E-state index is 0.143. The highest BCUT2D eigenvalue weighted by Crippen LogP contribution is 2.36. The van der Waals surface area contributed by atoms with Crippen LogP contribution in [0.1, 0.15) is 13.8 Å². The standard InChI is InChI=1S/C8H12BrNS2/c1-8(2,5-10)12-7-3-6(9)4-11-7/h3-4H,5,10H2,1-2H3. The van der Waals surface area contributed by atoms with Gasteiger partial charge in [0, 0.05) is 21.1 Å². The third-order valence-corrected chi connectivity index (χ3v) is 4.47. The van der Waals surface area contributed by atoms with Crippen molar-refractivity contribution in [3.63, 3.8) is 0 Å². The Morgan fingerprint density at radius 3 is 2.75 bits per heavy atom. The first-order valence-electron chi connectivity index (χ1n) is 3.66. The summed E-state index contributed by atoms with van der Waals surface area (Å²) in [6, 6.07) is 2.13. The van der Waals surface area contributed by atoms with E-state index < -0.39 is 0 Å². The van der Waals surface area contributed by atoms with E-state index in [9.17, 15) is 0 Å². The summed E-state index contributed by atoms with van der Waals surface area (Å²) in [7, 11) is 0. The number of hydrogen-bond acceptors (Lipinski definition) is 3. The highest BCUT2D eigenvalue weighted by molar-refractivity contribution is 9.10. The van der Waals surface area contributed by atoms with Gasteiger partial charge in [-0.25, -0.2) is 0 Å². The highest BCUT2D eigenvalue weighted by atomic mass is 79.9. The molecule has 0 aliphatic carbocycles. The predicted molar refractivity (Wildman–Crippen MR) is 61.0 cm³/mol. The SMILES string of the molecule is CC(C)(CN)Sc1cc(Br)cs1. The van der Waals surface area contributed by atoms with Gasteiger partial charge in [-0.15, -0.1) is 23.1 Å². The summed E-state index contributed by atoms with van der Waals surface area (Å²) < 4.78 is 2.62. The lowest BCUT2D eigenvalue weighted by Gasteiger charge is -2.19. The zero-order valence-corrected chi connectivity index (χ0v) is 10.4. The molecule has 0 bridgehead atoms. The average molecular weight is 266 g/mol. The molecule has 0 fully saturated rings. The van der Waals surface area contributed by atoms with Gasteiger partial charge in [-0.05, 0) is 35.8 Å². The van der Waals surface area contributed by atoms with Crippen LogP contribution >= 0.6 is 39.0 Å². The van der Waals surface area contributed by atoms with Crippen molar-refractivity contribution in [1.29, 1.82) is 0 Å². The minimum atomic E-state index is 0.143. The van der Waals surface area contributed by atoms with E-state index in [-0.39, 0.29) is 4.75 Å². The average Bonchev–Trinajstić information content (AvgIpc) is 2.35. The topological polar surface area (TPSA) is 26.0 Å². The molecule has 68 valence electrons. The van der Waals surface area contributed by atoms with Crippen molar-refractivity contribution in [3.05, 3.63) is 15.9 Å². The Morgan fingerprint density at radius 1 is 1.67 bits per heavy atom. The van der Waals surface area contributed by atoms with E-state index in [1.165, 1.54) is 4.21 Å². The van der Waals surface area contributed by atoms with Gasteiger partial charge in [0.1, 0.15) is 0 Å². The molecule has 1 aromatic rings. The lowest BCUT2D eigenvalue weighted by molar-refractivity contribution is 0.724. The lowest BCUT2D eigenvalue weighted by Crippen LogP contribution is -2.26. The largest absolute Gasteiger partial charge is 0.329 e. The summed E-state index contributed by atoms with van der Waals surface area (Å²) in [5.74, 6) is 0. The van der Waals surface area contributed by atoms with Crippen molar-refractivity contribution in [2.24, 2.45) is 5.73 Å². The summed E-state index contributed by atoms with van der Waals surface area (Å²) in [6.07, 6.45) is 0. The fraction of sp³-hybridized carbons (Fsp3) is 0.500. The molecule has 1 nitrogen and oxygen atoms in total. The first kappa shape index (κ1) is 10.6. The van der Waals surface area contributed by atoms with Crippen LogP contribution in [0.5, 0.6) is 0 Å². The molecule has 0 saturated carbocycles. The van der Waals surface area contributed by atoms with E-state index >= 15 is 0 Å². The Morgan fingerprint density at radius 2 is 2.33 bits per heavy atom. The Balaban J connectivity index is 2.63. The van der Waals surface area contributed by atoms with Gasteiger partial charge in [0.2, 0.25) is 0 Å². The molecule has 0 unspecified atom stereocenters. The molecule has 0 aliphatic heterocycles. The molecule has 1 rings (SSSR count). The van der Waals surface area contributed by atoms with Crippen molar-refractivity contribution >= 4 is 39.0 Å². The second-order valence-electron chi connectivity index (χ2n) is 3.15. The maximum absolute atomic E-state index is 5.63. The molecule has 0 radical (unpaired) electrons. The molecular formula is C8H12BrNS2. The van der Waals surface area contributed by atoms with Crippen molar-refractivity contribution in [1.82, 2.24) is 0 Å². The van der Waals surface area contributed by atoms with Gasteiger partial charge in [-0.1, -0.05) is 0 Å². The summed E-state index contributed by atoms with van der Waals surface area (Å²) in [5, 5.41) is 2.09. The minimum Gasteiger partial charge on any atom is -0.329 e. The van der Waals surface area contributed by atoms with Gasteiger partial charge in [0.25, 0.3) is 0 Å². The first-order valence-corrected chi connectivity index (χ1v) is 6.15. The molecule has 0 spiro atoms. The summed E-state index contributed by atoms with van der Waals surface area (Å²) in [6.45, 7) is 5.02. The van der Waals surface area contributed by atoms with Crippen LogP contribution in [0, 0.1) is 0 Å². The fourth-order valence-corrected chi connectivity index (χ4v) is 3.79. The molecule has 0 saturated heterocycles. The van der Waals surface area contributed by atoms with Gasteiger partial charge >= 0.3 is 0 Å². The van der Waals surface area contributed by atoms with Gasteiger partial charge in [0.05, 0.1) is 4.21 Å². The van der Waals surface area contributed by atoms with E-state index in [0.717, 1.165) is 4.47 Å². The summed E-state index contributed by atoms with van der Waals surface area (Å²) in [5.41, 5.74) is 5.63. The van der Waals surface area contributed by atoms with Crippen molar-refractivity contribution in [2.45, 2.75) is 22.8 Å². The van der Waals surface area contributed by atoms with Crippen LogP contribution < -0.4 is 5.73 Å². The molecule has 0 amide bonds. The summed E-state index contributed by atoms with van der Waals surface area (Å²) >= 11 is 7.01. The second-order valence-corrected chi connectivity index (χ2v) is 6.98.